The minimum absolute atomic E-state index is 0.122. The van der Waals surface area contributed by atoms with E-state index in [4.69, 9.17) is 0 Å². The van der Waals surface area contributed by atoms with E-state index in [1.54, 1.807) is 0 Å². The molecule has 0 N–H and O–H groups in total. The molecular weight excluding hydrogens is 204 g/mol. The van der Waals surface area contributed by atoms with E-state index in [9.17, 15) is 9.59 Å². The molecule has 16 heavy (non-hydrogen) atoms. The molecule has 0 radical (unpaired) electrons. The van der Waals surface area contributed by atoms with E-state index in [0.717, 1.165) is 5.56 Å². The standard InChI is InChI=1S/C12H10N2O2/c1-14-12(16)10(8-15)7-11(13-14)9-5-3-2-4-6-9/h2-8H,1H3. The van der Waals surface area contributed by atoms with Crippen molar-refractivity contribution in [1.29, 1.82) is 0 Å². The highest BCUT2D eigenvalue weighted by Gasteiger charge is 2.06. The smallest absolute Gasteiger partial charge is 0.277 e. The van der Waals surface area contributed by atoms with Crippen LogP contribution in [0.5, 0.6) is 0 Å². The van der Waals surface area contributed by atoms with Crippen LogP contribution >= 0.6 is 0 Å². The van der Waals surface area contributed by atoms with Gasteiger partial charge in [-0.2, -0.15) is 5.10 Å². The van der Waals surface area contributed by atoms with Gasteiger partial charge < -0.3 is 0 Å². The zero-order chi connectivity index (χ0) is 11.5. The highest BCUT2D eigenvalue weighted by molar-refractivity contribution is 5.76. The minimum Gasteiger partial charge on any atom is -0.298 e. The normalized spacial score (nSPS) is 10.1. The molecule has 1 aromatic carbocycles. The van der Waals surface area contributed by atoms with E-state index in [1.165, 1.54) is 17.8 Å². The van der Waals surface area contributed by atoms with E-state index in [2.05, 4.69) is 5.10 Å². The SMILES string of the molecule is Cn1nc(-c2ccccc2)cc(C=O)c1=O. The van der Waals surface area contributed by atoms with Gasteiger partial charge in [-0.25, -0.2) is 4.68 Å². The van der Waals surface area contributed by atoms with Crippen LogP contribution in [-0.4, -0.2) is 16.1 Å². The first-order valence-electron chi connectivity index (χ1n) is 4.81. The number of aromatic nitrogens is 2. The molecule has 1 heterocycles. The largest absolute Gasteiger partial charge is 0.298 e. The molecule has 0 atom stereocenters. The second kappa shape index (κ2) is 4.10. The first-order chi connectivity index (χ1) is 7.72. The van der Waals surface area contributed by atoms with Gasteiger partial charge >= 0.3 is 0 Å². The molecule has 0 saturated carbocycles. The highest BCUT2D eigenvalue weighted by Crippen LogP contribution is 2.14. The fraction of sp³-hybridized carbons (Fsp3) is 0.0833. The monoisotopic (exact) mass is 214 g/mol. The van der Waals surface area contributed by atoms with Crippen LogP contribution in [0.4, 0.5) is 0 Å². The van der Waals surface area contributed by atoms with Gasteiger partial charge in [0.25, 0.3) is 5.56 Å². The van der Waals surface area contributed by atoms with Crippen molar-refractivity contribution >= 4 is 6.29 Å². The van der Waals surface area contributed by atoms with E-state index in [-0.39, 0.29) is 11.1 Å². The summed E-state index contributed by atoms with van der Waals surface area (Å²) in [6, 6.07) is 10.9. The number of aldehydes is 1. The Hall–Kier alpha value is -2.23. The Kier molecular flexibility index (Phi) is 2.64. The molecule has 0 amide bonds. The lowest BCUT2D eigenvalue weighted by atomic mass is 10.1. The van der Waals surface area contributed by atoms with Gasteiger partial charge in [0.1, 0.15) is 0 Å². The van der Waals surface area contributed by atoms with Crippen molar-refractivity contribution in [3.05, 3.63) is 52.3 Å². The lowest BCUT2D eigenvalue weighted by Crippen LogP contribution is -2.23. The maximum atomic E-state index is 11.5. The zero-order valence-corrected chi connectivity index (χ0v) is 8.75. The summed E-state index contributed by atoms with van der Waals surface area (Å²) in [6.07, 6.45) is 0.552. The Balaban J connectivity index is 2.64. The lowest BCUT2D eigenvalue weighted by molar-refractivity contribution is 0.112. The Labute approximate surface area is 92.2 Å². The van der Waals surface area contributed by atoms with Gasteiger partial charge in [0.05, 0.1) is 11.3 Å². The summed E-state index contributed by atoms with van der Waals surface area (Å²) in [5.74, 6) is 0. The van der Waals surface area contributed by atoms with Crippen LogP contribution in [0.25, 0.3) is 11.3 Å². The lowest BCUT2D eigenvalue weighted by Gasteiger charge is -2.03. The number of benzene rings is 1. The molecule has 0 aliphatic rings. The predicted molar refractivity (Wildman–Crippen MR) is 60.3 cm³/mol. The molecule has 4 nitrogen and oxygen atoms in total. The fourth-order valence-corrected chi connectivity index (χ4v) is 1.47. The maximum absolute atomic E-state index is 11.5. The number of aryl methyl sites for hydroxylation is 1. The predicted octanol–water partition coefficient (Wildman–Crippen LogP) is 1.26. The van der Waals surface area contributed by atoms with Crippen LogP contribution in [0.2, 0.25) is 0 Å². The van der Waals surface area contributed by atoms with Crippen molar-refractivity contribution in [3.8, 4) is 11.3 Å². The molecule has 80 valence electrons. The number of rotatable bonds is 2. The third-order valence-corrected chi connectivity index (χ3v) is 2.29. The topological polar surface area (TPSA) is 52.0 Å². The molecule has 2 rings (SSSR count). The number of nitrogens with zero attached hydrogens (tertiary/aromatic N) is 2. The van der Waals surface area contributed by atoms with Crippen LogP contribution in [0, 0.1) is 0 Å². The average molecular weight is 214 g/mol. The fourth-order valence-electron chi connectivity index (χ4n) is 1.47. The van der Waals surface area contributed by atoms with Gasteiger partial charge in [0.15, 0.2) is 6.29 Å². The summed E-state index contributed by atoms with van der Waals surface area (Å²) in [4.78, 5) is 22.2. The van der Waals surface area contributed by atoms with Gasteiger partial charge in [-0.15, -0.1) is 0 Å². The molecule has 0 bridgehead atoms. The molecule has 0 spiro atoms. The van der Waals surface area contributed by atoms with Crippen LogP contribution in [0.15, 0.2) is 41.2 Å². The minimum atomic E-state index is -0.380. The molecule has 0 saturated heterocycles. The van der Waals surface area contributed by atoms with E-state index >= 15 is 0 Å². The molecule has 0 aliphatic carbocycles. The number of hydrogen-bond acceptors (Lipinski definition) is 3. The first-order valence-corrected chi connectivity index (χ1v) is 4.81. The van der Waals surface area contributed by atoms with Crippen molar-refractivity contribution in [2.24, 2.45) is 7.05 Å². The van der Waals surface area contributed by atoms with Crippen molar-refractivity contribution in [3.63, 3.8) is 0 Å². The Morgan fingerprint density at radius 2 is 1.94 bits per heavy atom. The molecule has 2 aromatic rings. The van der Waals surface area contributed by atoms with Crippen molar-refractivity contribution in [1.82, 2.24) is 9.78 Å². The van der Waals surface area contributed by atoms with Crippen molar-refractivity contribution < 1.29 is 4.79 Å². The van der Waals surface area contributed by atoms with E-state index in [1.807, 2.05) is 30.3 Å². The second-order valence-electron chi connectivity index (χ2n) is 3.40. The summed E-state index contributed by atoms with van der Waals surface area (Å²) in [5, 5.41) is 4.10. The number of hydrogen-bond donors (Lipinski definition) is 0. The molecule has 0 aliphatic heterocycles. The summed E-state index contributed by atoms with van der Waals surface area (Å²) in [5.41, 5.74) is 1.23. The molecule has 1 aromatic heterocycles. The van der Waals surface area contributed by atoms with Gasteiger partial charge in [-0.05, 0) is 6.07 Å². The maximum Gasteiger partial charge on any atom is 0.277 e. The quantitative estimate of drug-likeness (QED) is 0.707. The van der Waals surface area contributed by atoms with E-state index < -0.39 is 0 Å². The summed E-state index contributed by atoms with van der Waals surface area (Å²) in [7, 11) is 1.53. The average Bonchev–Trinajstić information content (AvgIpc) is 2.33. The summed E-state index contributed by atoms with van der Waals surface area (Å²) >= 11 is 0. The number of carbonyl (C=O) groups excluding carboxylic acids is 1. The Morgan fingerprint density at radius 3 is 2.56 bits per heavy atom. The van der Waals surface area contributed by atoms with Gasteiger partial charge in [-0.1, -0.05) is 30.3 Å². The Bertz CT molecular complexity index is 573. The van der Waals surface area contributed by atoms with Crippen LogP contribution in [-0.2, 0) is 7.05 Å². The van der Waals surface area contributed by atoms with Crippen LogP contribution in [0.3, 0.4) is 0 Å². The molecule has 0 fully saturated rings. The first kappa shape index (κ1) is 10.3. The van der Waals surface area contributed by atoms with Crippen molar-refractivity contribution in [2.45, 2.75) is 0 Å². The van der Waals surface area contributed by atoms with Crippen LogP contribution in [0.1, 0.15) is 10.4 Å². The molecule has 0 unspecified atom stereocenters. The summed E-state index contributed by atoms with van der Waals surface area (Å²) in [6.45, 7) is 0. The third kappa shape index (κ3) is 1.77. The highest BCUT2D eigenvalue weighted by atomic mass is 16.1. The van der Waals surface area contributed by atoms with Crippen molar-refractivity contribution in [2.75, 3.05) is 0 Å². The van der Waals surface area contributed by atoms with Gasteiger partial charge in [0, 0.05) is 12.6 Å². The third-order valence-electron chi connectivity index (χ3n) is 2.29. The number of carbonyl (C=O) groups is 1. The van der Waals surface area contributed by atoms with E-state index in [0.29, 0.717) is 12.0 Å². The van der Waals surface area contributed by atoms with Crippen LogP contribution < -0.4 is 5.56 Å². The molecule has 4 heteroatoms. The van der Waals surface area contributed by atoms with Gasteiger partial charge in [0.2, 0.25) is 0 Å². The zero-order valence-electron chi connectivity index (χ0n) is 8.75. The Morgan fingerprint density at radius 1 is 1.25 bits per heavy atom. The molecular formula is C12H10N2O2. The second-order valence-corrected chi connectivity index (χ2v) is 3.40. The van der Waals surface area contributed by atoms with Gasteiger partial charge in [-0.3, -0.25) is 9.59 Å². The summed E-state index contributed by atoms with van der Waals surface area (Å²) < 4.78 is 1.17.